The van der Waals surface area contributed by atoms with Crippen molar-refractivity contribution in [1.82, 2.24) is 0 Å². The van der Waals surface area contributed by atoms with Crippen LogP contribution < -0.4 is 10.1 Å². The Bertz CT molecular complexity index is 873. The maximum Gasteiger partial charge on any atom is 0.123 e. The second-order valence-electron chi connectivity index (χ2n) is 6.03. The molecule has 2 nitrogen and oxygen atoms in total. The quantitative estimate of drug-likeness (QED) is 0.715. The molecule has 1 unspecified atom stereocenters. The molecule has 1 atom stereocenters. The number of fused-ring (bicyclic) bond motifs is 3. The maximum absolute atomic E-state index is 13.2. The van der Waals surface area contributed by atoms with Crippen LogP contribution in [-0.2, 0) is 6.42 Å². The van der Waals surface area contributed by atoms with Crippen molar-refractivity contribution < 1.29 is 9.13 Å². The minimum Gasteiger partial charge on any atom is -0.497 e. The van der Waals surface area contributed by atoms with Crippen LogP contribution in [0.25, 0.3) is 11.1 Å². The number of hydrogen-bond acceptors (Lipinski definition) is 2. The molecule has 0 radical (unpaired) electrons. The van der Waals surface area contributed by atoms with Crippen LogP contribution in [0, 0.1) is 5.82 Å². The third-order valence-corrected chi connectivity index (χ3v) is 4.53. The topological polar surface area (TPSA) is 21.3 Å². The molecule has 0 saturated carbocycles. The zero-order chi connectivity index (χ0) is 16.5. The summed E-state index contributed by atoms with van der Waals surface area (Å²) in [6.45, 7) is 0. The van der Waals surface area contributed by atoms with Crippen LogP contribution in [0.2, 0.25) is 0 Å². The predicted octanol–water partition coefficient (Wildman–Crippen LogP) is 5.21. The predicted molar refractivity (Wildman–Crippen MR) is 94.9 cm³/mol. The summed E-state index contributed by atoms with van der Waals surface area (Å²) in [5.41, 5.74) is 5.85. The molecule has 1 aliphatic heterocycles. The Morgan fingerprint density at radius 3 is 2.54 bits per heavy atom. The van der Waals surface area contributed by atoms with E-state index < -0.39 is 0 Å². The van der Waals surface area contributed by atoms with E-state index in [0.717, 1.165) is 23.4 Å². The Morgan fingerprint density at radius 1 is 0.958 bits per heavy atom. The number of ether oxygens (including phenoxy) is 1. The van der Waals surface area contributed by atoms with Crippen molar-refractivity contribution in [3.8, 4) is 16.9 Å². The third kappa shape index (κ3) is 2.62. The van der Waals surface area contributed by atoms with Crippen LogP contribution >= 0.6 is 0 Å². The minimum absolute atomic E-state index is 0.121. The molecule has 3 aromatic rings. The van der Waals surface area contributed by atoms with Crippen LogP contribution in [0.4, 0.5) is 10.1 Å². The molecule has 0 aliphatic carbocycles. The number of halogens is 1. The molecule has 3 aromatic carbocycles. The monoisotopic (exact) mass is 319 g/mol. The number of anilines is 1. The zero-order valence-electron chi connectivity index (χ0n) is 13.4. The molecular weight excluding hydrogens is 301 g/mol. The standard InChI is InChI=1S/C21H18FNO/c1-24-16-10-11-17-18-4-2-3-5-20(18)23-21(19(17)13-16)12-14-6-8-15(22)9-7-14/h2-11,13,21,23H,12H2,1H3. The molecule has 1 aliphatic rings. The normalized spacial score (nSPS) is 15.2. The van der Waals surface area contributed by atoms with Crippen molar-refractivity contribution in [2.24, 2.45) is 0 Å². The SMILES string of the molecule is COc1ccc2c(c1)C(Cc1ccc(F)cc1)Nc1ccccc1-2. The van der Waals surface area contributed by atoms with Crippen LogP contribution in [0.5, 0.6) is 5.75 Å². The van der Waals surface area contributed by atoms with E-state index in [9.17, 15) is 4.39 Å². The van der Waals surface area contributed by atoms with E-state index in [-0.39, 0.29) is 11.9 Å². The van der Waals surface area contributed by atoms with Gasteiger partial charge < -0.3 is 10.1 Å². The highest BCUT2D eigenvalue weighted by molar-refractivity contribution is 5.84. The highest BCUT2D eigenvalue weighted by Gasteiger charge is 2.24. The number of rotatable bonds is 3. The Labute approximate surface area is 140 Å². The van der Waals surface area contributed by atoms with E-state index in [1.807, 2.05) is 24.3 Å². The number of hydrogen-bond donors (Lipinski definition) is 1. The fourth-order valence-electron chi connectivity index (χ4n) is 3.33. The molecule has 0 fully saturated rings. The summed E-state index contributed by atoms with van der Waals surface area (Å²) in [6, 6.07) is 21.3. The second kappa shape index (κ2) is 6.00. The van der Waals surface area contributed by atoms with Gasteiger partial charge in [0, 0.05) is 11.3 Å². The first-order chi connectivity index (χ1) is 11.7. The molecule has 120 valence electrons. The summed E-state index contributed by atoms with van der Waals surface area (Å²) in [5.74, 6) is 0.641. The lowest BCUT2D eigenvalue weighted by molar-refractivity contribution is 0.414. The van der Waals surface area contributed by atoms with Gasteiger partial charge in [0.25, 0.3) is 0 Å². The summed E-state index contributed by atoms with van der Waals surface area (Å²) < 4.78 is 18.6. The van der Waals surface area contributed by atoms with E-state index in [0.29, 0.717) is 0 Å². The third-order valence-electron chi connectivity index (χ3n) is 4.53. The zero-order valence-corrected chi connectivity index (χ0v) is 13.4. The second-order valence-corrected chi connectivity index (χ2v) is 6.03. The molecule has 0 aromatic heterocycles. The van der Waals surface area contributed by atoms with Gasteiger partial charge in [-0.05, 0) is 53.4 Å². The van der Waals surface area contributed by atoms with Gasteiger partial charge in [0.1, 0.15) is 11.6 Å². The van der Waals surface area contributed by atoms with E-state index >= 15 is 0 Å². The Morgan fingerprint density at radius 2 is 1.75 bits per heavy atom. The molecule has 0 spiro atoms. The lowest BCUT2D eigenvalue weighted by Gasteiger charge is -2.30. The Hall–Kier alpha value is -2.81. The first kappa shape index (κ1) is 14.8. The van der Waals surface area contributed by atoms with E-state index in [4.69, 9.17) is 4.74 Å². The van der Waals surface area contributed by atoms with Crippen molar-refractivity contribution >= 4 is 5.69 Å². The minimum atomic E-state index is -0.206. The smallest absolute Gasteiger partial charge is 0.123 e. The fraction of sp³-hybridized carbons (Fsp3) is 0.143. The summed E-state index contributed by atoms with van der Waals surface area (Å²) in [4.78, 5) is 0. The van der Waals surface area contributed by atoms with Crippen molar-refractivity contribution in [3.63, 3.8) is 0 Å². The molecule has 4 rings (SSSR count). The van der Waals surface area contributed by atoms with Gasteiger partial charge in [-0.2, -0.15) is 0 Å². The van der Waals surface area contributed by atoms with Crippen LogP contribution in [0.3, 0.4) is 0 Å². The first-order valence-corrected chi connectivity index (χ1v) is 8.03. The van der Waals surface area contributed by atoms with Gasteiger partial charge in [0.2, 0.25) is 0 Å². The maximum atomic E-state index is 13.2. The van der Waals surface area contributed by atoms with Crippen LogP contribution in [0.15, 0.2) is 66.7 Å². The molecule has 24 heavy (non-hydrogen) atoms. The largest absolute Gasteiger partial charge is 0.497 e. The molecule has 0 amide bonds. The summed E-state index contributed by atoms with van der Waals surface area (Å²) >= 11 is 0. The number of benzene rings is 3. The molecule has 1 N–H and O–H groups in total. The highest BCUT2D eigenvalue weighted by atomic mass is 19.1. The van der Waals surface area contributed by atoms with Gasteiger partial charge >= 0.3 is 0 Å². The fourth-order valence-corrected chi connectivity index (χ4v) is 3.33. The Balaban J connectivity index is 1.77. The van der Waals surface area contributed by atoms with Gasteiger partial charge in [-0.3, -0.25) is 0 Å². The number of para-hydroxylation sites is 1. The van der Waals surface area contributed by atoms with Crippen molar-refractivity contribution in [2.45, 2.75) is 12.5 Å². The van der Waals surface area contributed by atoms with Gasteiger partial charge in [0.05, 0.1) is 13.2 Å². The molecule has 0 bridgehead atoms. The molecule has 0 saturated heterocycles. The molecule has 1 heterocycles. The Kier molecular flexibility index (Phi) is 3.69. The highest BCUT2D eigenvalue weighted by Crippen LogP contribution is 2.42. The van der Waals surface area contributed by atoms with Gasteiger partial charge in [-0.25, -0.2) is 4.39 Å². The van der Waals surface area contributed by atoms with Crippen molar-refractivity contribution in [2.75, 3.05) is 12.4 Å². The van der Waals surface area contributed by atoms with E-state index in [2.05, 4.69) is 35.6 Å². The van der Waals surface area contributed by atoms with Crippen molar-refractivity contribution in [3.05, 3.63) is 83.7 Å². The summed E-state index contributed by atoms with van der Waals surface area (Å²) in [5, 5.41) is 3.62. The van der Waals surface area contributed by atoms with Crippen molar-refractivity contribution in [1.29, 1.82) is 0 Å². The number of methoxy groups -OCH3 is 1. The van der Waals surface area contributed by atoms with Gasteiger partial charge in [-0.1, -0.05) is 36.4 Å². The molecular formula is C21H18FNO. The van der Waals surface area contributed by atoms with E-state index in [1.165, 1.54) is 28.8 Å². The van der Waals surface area contributed by atoms with Gasteiger partial charge in [0.15, 0.2) is 0 Å². The lowest BCUT2D eigenvalue weighted by atomic mass is 9.87. The van der Waals surface area contributed by atoms with Crippen LogP contribution in [-0.4, -0.2) is 7.11 Å². The first-order valence-electron chi connectivity index (χ1n) is 8.03. The number of nitrogens with one attached hydrogen (secondary N) is 1. The molecule has 3 heteroatoms. The summed E-state index contributed by atoms with van der Waals surface area (Å²) in [6.07, 6.45) is 0.786. The van der Waals surface area contributed by atoms with Crippen LogP contribution in [0.1, 0.15) is 17.2 Å². The van der Waals surface area contributed by atoms with E-state index in [1.54, 1.807) is 7.11 Å². The summed E-state index contributed by atoms with van der Waals surface area (Å²) in [7, 11) is 1.68. The average molecular weight is 319 g/mol. The lowest BCUT2D eigenvalue weighted by Crippen LogP contribution is -2.19. The van der Waals surface area contributed by atoms with Gasteiger partial charge in [-0.15, -0.1) is 0 Å². The average Bonchev–Trinajstić information content (AvgIpc) is 2.63.